The highest BCUT2D eigenvalue weighted by Gasteiger charge is 2.48. The molecule has 1 unspecified atom stereocenters. The monoisotopic (exact) mass is 710 g/mol. The van der Waals surface area contributed by atoms with Gasteiger partial charge in [0.25, 0.3) is 0 Å². The predicted molar refractivity (Wildman–Crippen MR) is 167 cm³/mol. The normalized spacial score (nSPS) is 21.5. The third-order valence-electron chi connectivity index (χ3n) is 9.07. The number of hydrogen-bond donors (Lipinski definition) is 1. The first-order valence-corrected chi connectivity index (χ1v) is 16.1. The number of urea groups is 1. The van der Waals surface area contributed by atoms with E-state index in [1.54, 1.807) is 18.2 Å². The van der Waals surface area contributed by atoms with Crippen LogP contribution in [0.4, 0.5) is 31.1 Å². The molecule has 3 aromatic rings. The molecule has 1 aliphatic heterocycles. The van der Waals surface area contributed by atoms with Crippen molar-refractivity contribution in [2.24, 2.45) is 11.8 Å². The molecular formula is C35H33ClF6N2O5. The van der Waals surface area contributed by atoms with E-state index in [1.165, 1.54) is 17.0 Å². The number of alkyl halides is 7. The third-order valence-corrected chi connectivity index (χ3v) is 9.32. The van der Waals surface area contributed by atoms with Crippen molar-refractivity contribution in [3.05, 3.63) is 106 Å². The molecule has 262 valence electrons. The van der Waals surface area contributed by atoms with E-state index < -0.39 is 77.6 Å². The fourth-order valence-electron chi connectivity index (χ4n) is 6.78. The molecule has 7 nitrogen and oxygen atoms in total. The highest BCUT2D eigenvalue weighted by atomic mass is 35.5. The summed E-state index contributed by atoms with van der Waals surface area (Å²) in [6.07, 6.45) is -11.7. The van der Waals surface area contributed by atoms with E-state index in [4.69, 9.17) is 21.1 Å². The number of esters is 1. The molecule has 1 heterocycles. The number of carbonyl (C=O) groups is 3. The third kappa shape index (κ3) is 8.56. The van der Waals surface area contributed by atoms with E-state index in [2.05, 4.69) is 5.32 Å². The van der Waals surface area contributed by atoms with E-state index in [0.29, 0.717) is 31.5 Å². The maximum absolute atomic E-state index is 13.9. The summed E-state index contributed by atoms with van der Waals surface area (Å²) in [5, 5.41) is 2.24. The molecule has 1 aliphatic carbocycles. The van der Waals surface area contributed by atoms with Gasteiger partial charge in [0, 0.05) is 19.0 Å². The molecule has 0 spiro atoms. The number of amides is 3. The van der Waals surface area contributed by atoms with E-state index in [-0.39, 0.29) is 30.0 Å². The van der Waals surface area contributed by atoms with E-state index in [0.717, 1.165) is 11.1 Å². The Labute approximate surface area is 283 Å². The SMILES string of the molecule is Cc1ccccc1[C@H]1[C@@H]2CN(C(=O)NC(=O)CCl)C[C@H]2CC[C@@H]1OC(COC(=O)c1ccccc1)c1cc(C(F)(F)F)cc(C(F)(F)F)c1. The molecule has 49 heavy (non-hydrogen) atoms. The zero-order valence-corrected chi connectivity index (χ0v) is 26.9. The second-order valence-electron chi connectivity index (χ2n) is 12.2. The van der Waals surface area contributed by atoms with Gasteiger partial charge in [-0.05, 0) is 78.6 Å². The first kappa shape index (κ1) is 36.2. The Morgan fingerprint density at radius 1 is 0.898 bits per heavy atom. The number of aryl methyl sites for hydroxylation is 1. The number of benzene rings is 3. The Hall–Kier alpha value is -4.10. The topological polar surface area (TPSA) is 84.9 Å². The molecule has 3 amide bonds. The molecule has 3 aromatic carbocycles. The summed E-state index contributed by atoms with van der Waals surface area (Å²) >= 11 is 5.56. The minimum atomic E-state index is -5.11. The number of imide groups is 1. The molecule has 1 saturated heterocycles. The fourth-order valence-corrected chi connectivity index (χ4v) is 6.85. The van der Waals surface area contributed by atoms with Crippen molar-refractivity contribution in [3.8, 4) is 0 Å². The minimum absolute atomic E-state index is 0.0327. The average molecular weight is 711 g/mol. The number of rotatable bonds is 8. The van der Waals surface area contributed by atoms with Crippen LogP contribution < -0.4 is 5.32 Å². The largest absolute Gasteiger partial charge is 0.459 e. The van der Waals surface area contributed by atoms with Crippen LogP contribution in [0.25, 0.3) is 0 Å². The Morgan fingerprint density at radius 3 is 2.14 bits per heavy atom. The fraction of sp³-hybridized carbons (Fsp3) is 0.400. The van der Waals surface area contributed by atoms with Gasteiger partial charge in [-0.1, -0.05) is 42.5 Å². The molecule has 5 rings (SSSR count). The van der Waals surface area contributed by atoms with Crippen molar-refractivity contribution in [2.45, 2.75) is 50.2 Å². The van der Waals surface area contributed by atoms with Crippen LogP contribution in [0.15, 0.2) is 72.8 Å². The molecular weight excluding hydrogens is 678 g/mol. The lowest BCUT2D eigenvalue weighted by Gasteiger charge is -2.41. The number of nitrogens with zero attached hydrogens (tertiary/aromatic N) is 1. The Kier molecular flexibility index (Phi) is 10.9. The lowest BCUT2D eigenvalue weighted by molar-refractivity contribution is -0.143. The van der Waals surface area contributed by atoms with Crippen LogP contribution in [-0.4, -0.2) is 54.5 Å². The molecule has 1 saturated carbocycles. The lowest BCUT2D eigenvalue weighted by Crippen LogP contribution is -2.42. The summed E-state index contributed by atoms with van der Waals surface area (Å²) in [5.74, 6) is -2.64. The van der Waals surface area contributed by atoms with Crippen LogP contribution in [0.2, 0.25) is 0 Å². The van der Waals surface area contributed by atoms with Crippen LogP contribution >= 0.6 is 11.6 Å². The van der Waals surface area contributed by atoms with Gasteiger partial charge in [-0.2, -0.15) is 26.3 Å². The predicted octanol–water partition coefficient (Wildman–Crippen LogP) is 7.92. The summed E-state index contributed by atoms with van der Waals surface area (Å²) < 4.78 is 95.4. The molecule has 0 bridgehead atoms. The lowest BCUT2D eigenvalue weighted by atomic mass is 9.68. The Morgan fingerprint density at radius 2 is 1.53 bits per heavy atom. The van der Waals surface area contributed by atoms with Gasteiger partial charge in [-0.25, -0.2) is 9.59 Å². The van der Waals surface area contributed by atoms with Gasteiger partial charge >= 0.3 is 24.4 Å². The highest BCUT2D eigenvalue weighted by molar-refractivity contribution is 6.28. The van der Waals surface area contributed by atoms with Crippen LogP contribution in [0.1, 0.15) is 63.0 Å². The van der Waals surface area contributed by atoms with Crippen molar-refractivity contribution in [1.82, 2.24) is 10.2 Å². The standard InChI is InChI=1S/C35H33ClF6N2O5/c1-20-7-5-6-10-26(20)31-27-18-44(33(47)43-30(45)16-36)17-22(27)11-12-28(31)49-29(19-48-32(46)21-8-3-2-4-9-21)23-13-24(34(37,38)39)15-25(14-23)35(40,41)42/h2-10,13-15,22,27-29,31H,11-12,16-19H2,1H3,(H,43,45,47)/t22-,27-,28+,29?,31+/m1/s1. The minimum Gasteiger partial charge on any atom is -0.459 e. The van der Waals surface area contributed by atoms with Gasteiger partial charge in [-0.3, -0.25) is 10.1 Å². The van der Waals surface area contributed by atoms with Crippen LogP contribution in [-0.2, 0) is 26.6 Å². The van der Waals surface area contributed by atoms with Crippen molar-refractivity contribution in [2.75, 3.05) is 25.6 Å². The van der Waals surface area contributed by atoms with Gasteiger partial charge in [0.2, 0.25) is 5.91 Å². The Balaban J connectivity index is 1.53. The number of hydrogen-bond acceptors (Lipinski definition) is 5. The maximum atomic E-state index is 13.9. The van der Waals surface area contributed by atoms with Crippen molar-refractivity contribution < 1.29 is 50.2 Å². The molecule has 14 heteroatoms. The van der Waals surface area contributed by atoms with Gasteiger partial charge in [0.05, 0.1) is 22.8 Å². The number of ether oxygens (including phenoxy) is 2. The molecule has 0 aromatic heterocycles. The molecule has 2 aliphatic rings. The van der Waals surface area contributed by atoms with Crippen LogP contribution in [0.5, 0.6) is 0 Å². The van der Waals surface area contributed by atoms with Gasteiger partial charge in [0.1, 0.15) is 18.6 Å². The zero-order valence-electron chi connectivity index (χ0n) is 26.2. The average Bonchev–Trinajstić information content (AvgIpc) is 3.51. The van der Waals surface area contributed by atoms with Gasteiger partial charge < -0.3 is 14.4 Å². The maximum Gasteiger partial charge on any atom is 0.416 e. The number of halogens is 7. The van der Waals surface area contributed by atoms with E-state index in [1.807, 2.05) is 31.2 Å². The van der Waals surface area contributed by atoms with E-state index >= 15 is 0 Å². The zero-order chi connectivity index (χ0) is 35.5. The quantitative estimate of drug-likeness (QED) is 0.146. The van der Waals surface area contributed by atoms with Gasteiger partial charge in [-0.15, -0.1) is 11.6 Å². The summed E-state index contributed by atoms with van der Waals surface area (Å²) in [4.78, 5) is 39.1. The molecule has 1 N–H and O–H groups in total. The molecule has 0 radical (unpaired) electrons. The summed E-state index contributed by atoms with van der Waals surface area (Å²) in [6.45, 7) is 1.73. The number of likely N-dealkylation sites (tertiary alicyclic amines) is 1. The molecule has 5 atom stereocenters. The number of carbonyl (C=O) groups excluding carboxylic acids is 3. The summed E-state index contributed by atoms with van der Waals surface area (Å²) in [6, 6.07) is 15.7. The van der Waals surface area contributed by atoms with Crippen molar-refractivity contribution >= 4 is 29.5 Å². The van der Waals surface area contributed by atoms with Crippen LogP contribution in [0.3, 0.4) is 0 Å². The highest BCUT2D eigenvalue weighted by Crippen LogP contribution is 2.49. The smallest absolute Gasteiger partial charge is 0.416 e. The molecule has 2 fully saturated rings. The van der Waals surface area contributed by atoms with E-state index in [9.17, 15) is 40.7 Å². The van der Waals surface area contributed by atoms with Crippen LogP contribution in [0, 0.1) is 18.8 Å². The first-order chi connectivity index (χ1) is 23.2. The second kappa shape index (κ2) is 14.8. The van der Waals surface area contributed by atoms with Crippen molar-refractivity contribution in [3.63, 3.8) is 0 Å². The van der Waals surface area contributed by atoms with Crippen molar-refractivity contribution in [1.29, 1.82) is 0 Å². The second-order valence-corrected chi connectivity index (χ2v) is 12.5. The first-order valence-electron chi connectivity index (χ1n) is 15.5. The van der Waals surface area contributed by atoms with Gasteiger partial charge in [0.15, 0.2) is 0 Å². The number of nitrogens with one attached hydrogen (secondary N) is 1. The summed E-state index contributed by atoms with van der Waals surface area (Å²) in [5.41, 5.74) is -1.67. The summed E-state index contributed by atoms with van der Waals surface area (Å²) in [7, 11) is 0. The Bertz CT molecular complexity index is 1640. The number of fused-ring (bicyclic) bond motifs is 1.